The molecule has 0 saturated carbocycles. The largest absolute Gasteiger partial charge is 0.374 e. The third kappa shape index (κ3) is 2.82. The van der Waals surface area contributed by atoms with E-state index in [1.165, 1.54) is 16.8 Å². The fourth-order valence-electron chi connectivity index (χ4n) is 3.88. The van der Waals surface area contributed by atoms with E-state index in [0.29, 0.717) is 6.04 Å². The van der Waals surface area contributed by atoms with E-state index < -0.39 is 0 Å². The van der Waals surface area contributed by atoms with Crippen molar-refractivity contribution < 1.29 is 4.74 Å². The highest BCUT2D eigenvalue weighted by Crippen LogP contribution is 2.30. The van der Waals surface area contributed by atoms with Crippen molar-refractivity contribution in [3.8, 4) is 0 Å². The third-order valence-corrected chi connectivity index (χ3v) is 5.27. The second-order valence-corrected chi connectivity index (χ2v) is 6.77. The molecule has 2 aromatic rings. The van der Waals surface area contributed by atoms with Crippen LogP contribution in [0.25, 0.3) is 0 Å². The van der Waals surface area contributed by atoms with Crippen LogP contribution in [0, 0.1) is 0 Å². The minimum atomic E-state index is 0.0560. The van der Waals surface area contributed by atoms with E-state index in [1.807, 2.05) is 12.4 Å². The molecule has 1 aromatic heterocycles. The van der Waals surface area contributed by atoms with Gasteiger partial charge < -0.3 is 19.5 Å². The molecule has 3 heterocycles. The van der Waals surface area contributed by atoms with Gasteiger partial charge in [0.2, 0.25) is 0 Å². The number of benzene rings is 1. The van der Waals surface area contributed by atoms with Crippen molar-refractivity contribution in [3.63, 3.8) is 0 Å². The van der Waals surface area contributed by atoms with Crippen LogP contribution in [0.5, 0.6) is 0 Å². The number of imidazole rings is 1. The number of likely N-dealkylation sites (N-methyl/N-ethyl adjacent to an activating group) is 1. The zero-order chi connectivity index (χ0) is 16.5. The minimum absolute atomic E-state index is 0.0560. The van der Waals surface area contributed by atoms with E-state index in [0.717, 1.165) is 44.9 Å². The number of aromatic nitrogens is 2. The normalized spacial score (nSPS) is 23.0. The van der Waals surface area contributed by atoms with Crippen molar-refractivity contribution in [1.82, 2.24) is 14.9 Å². The highest BCUT2D eigenvalue weighted by atomic mass is 16.5. The first-order valence-corrected chi connectivity index (χ1v) is 8.95. The molecule has 0 radical (unpaired) electrons. The summed E-state index contributed by atoms with van der Waals surface area (Å²) in [5.74, 6) is 1.04. The van der Waals surface area contributed by atoms with Gasteiger partial charge in [-0.3, -0.25) is 0 Å². The van der Waals surface area contributed by atoms with Gasteiger partial charge in [-0.1, -0.05) is 12.1 Å². The summed E-state index contributed by atoms with van der Waals surface area (Å²) >= 11 is 0. The molecule has 1 saturated heterocycles. The van der Waals surface area contributed by atoms with Crippen LogP contribution in [-0.2, 0) is 24.2 Å². The van der Waals surface area contributed by atoms with E-state index in [-0.39, 0.29) is 6.10 Å². The average Bonchev–Trinajstić information content (AvgIpc) is 3.32. The number of anilines is 1. The summed E-state index contributed by atoms with van der Waals surface area (Å²) in [6.45, 7) is 5.89. The summed E-state index contributed by atoms with van der Waals surface area (Å²) in [5, 5.41) is 3.70. The monoisotopic (exact) mass is 326 g/mol. The molecule has 5 nitrogen and oxygen atoms in total. The summed E-state index contributed by atoms with van der Waals surface area (Å²) in [6.07, 6.45) is 6.15. The van der Waals surface area contributed by atoms with E-state index in [4.69, 9.17) is 4.74 Å². The van der Waals surface area contributed by atoms with Crippen LogP contribution in [0.3, 0.4) is 0 Å². The smallest absolute Gasteiger partial charge is 0.139 e. The summed E-state index contributed by atoms with van der Waals surface area (Å²) in [4.78, 5) is 6.85. The Kier molecular flexibility index (Phi) is 4.29. The summed E-state index contributed by atoms with van der Waals surface area (Å²) in [7, 11) is 2.17. The zero-order valence-corrected chi connectivity index (χ0v) is 14.5. The van der Waals surface area contributed by atoms with Crippen molar-refractivity contribution in [2.45, 2.75) is 45.0 Å². The van der Waals surface area contributed by atoms with Crippen molar-refractivity contribution in [3.05, 3.63) is 47.5 Å². The molecular weight excluding hydrogens is 300 g/mol. The van der Waals surface area contributed by atoms with Gasteiger partial charge in [-0.05, 0) is 37.0 Å². The van der Waals surface area contributed by atoms with Gasteiger partial charge in [0, 0.05) is 57.4 Å². The van der Waals surface area contributed by atoms with Crippen LogP contribution in [-0.4, -0.2) is 35.8 Å². The Morgan fingerprint density at radius 1 is 1.38 bits per heavy atom. The molecule has 2 aliphatic heterocycles. The number of rotatable bonds is 5. The van der Waals surface area contributed by atoms with Crippen molar-refractivity contribution in [2.24, 2.45) is 0 Å². The zero-order valence-electron chi connectivity index (χ0n) is 14.5. The molecule has 1 aromatic carbocycles. The van der Waals surface area contributed by atoms with Crippen LogP contribution in [0.4, 0.5) is 5.69 Å². The Labute approximate surface area is 143 Å². The van der Waals surface area contributed by atoms with Crippen LogP contribution in [0.15, 0.2) is 30.6 Å². The Morgan fingerprint density at radius 2 is 2.29 bits per heavy atom. The van der Waals surface area contributed by atoms with Gasteiger partial charge in [0.1, 0.15) is 11.9 Å². The fraction of sp³-hybridized carbons (Fsp3) is 0.526. The van der Waals surface area contributed by atoms with Gasteiger partial charge in [-0.2, -0.15) is 0 Å². The molecule has 1 fully saturated rings. The minimum Gasteiger partial charge on any atom is -0.374 e. The molecule has 2 aliphatic rings. The molecule has 0 spiro atoms. The van der Waals surface area contributed by atoms with Crippen LogP contribution in [0.1, 0.15) is 36.4 Å². The Bertz CT molecular complexity index is 711. The van der Waals surface area contributed by atoms with Crippen LogP contribution >= 0.6 is 0 Å². The third-order valence-electron chi connectivity index (χ3n) is 5.27. The Balaban J connectivity index is 1.44. The Hall–Kier alpha value is -1.85. The number of nitrogens with zero attached hydrogens (tertiary/aromatic N) is 3. The highest BCUT2D eigenvalue weighted by molar-refractivity contribution is 5.58. The lowest BCUT2D eigenvalue weighted by molar-refractivity contribution is 0.0886. The summed E-state index contributed by atoms with van der Waals surface area (Å²) in [6, 6.07) is 7.18. The fourth-order valence-corrected chi connectivity index (χ4v) is 3.88. The maximum Gasteiger partial charge on any atom is 0.139 e. The van der Waals surface area contributed by atoms with Gasteiger partial charge >= 0.3 is 0 Å². The van der Waals surface area contributed by atoms with E-state index in [9.17, 15) is 0 Å². The maximum atomic E-state index is 5.98. The summed E-state index contributed by atoms with van der Waals surface area (Å²) < 4.78 is 8.15. The van der Waals surface area contributed by atoms with Crippen molar-refractivity contribution >= 4 is 5.69 Å². The predicted molar refractivity (Wildman–Crippen MR) is 95.3 cm³/mol. The molecule has 0 unspecified atom stereocenters. The molecular formula is C19H26N4O. The molecule has 5 heteroatoms. The number of aryl methyl sites for hydroxylation is 1. The lowest BCUT2D eigenvalue weighted by Crippen LogP contribution is -2.32. The van der Waals surface area contributed by atoms with Crippen molar-refractivity contribution in [2.75, 3.05) is 25.1 Å². The van der Waals surface area contributed by atoms with Gasteiger partial charge in [0.05, 0.1) is 0 Å². The lowest BCUT2D eigenvalue weighted by atomic mass is 10.1. The Morgan fingerprint density at radius 3 is 3.17 bits per heavy atom. The molecule has 0 amide bonds. The lowest BCUT2D eigenvalue weighted by Gasteiger charge is -2.20. The van der Waals surface area contributed by atoms with Crippen LogP contribution < -0.4 is 10.2 Å². The topological polar surface area (TPSA) is 42.3 Å². The van der Waals surface area contributed by atoms with Crippen molar-refractivity contribution in [1.29, 1.82) is 0 Å². The van der Waals surface area contributed by atoms with E-state index in [2.05, 4.69) is 51.9 Å². The second-order valence-electron chi connectivity index (χ2n) is 6.77. The SMILES string of the molecule is CCn1ccnc1[C@H]1OCC[C@@H]1NCc1ccc2c(c1)CCN2C. The number of hydrogen-bond acceptors (Lipinski definition) is 4. The number of nitrogens with one attached hydrogen (secondary N) is 1. The number of fused-ring (bicyclic) bond motifs is 1. The molecule has 2 atom stereocenters. The molecule has 0 bridgehead atoms. The molecule has 1 N–H and O–H groups in total. The van der Waals surface area contributed by atoms with Crippen LogP contribution in [0.2, 0.25) is 0 Å². The summed E-state index contributed by atoms with van der Waals surface area (Å²) in [5.41, 5.74) is 4.21. The number of ether oxygens (including phenoxy) is 1. The molecule has 128 valence electrons. The quantitative estimate of drug-likeness (QED) is 0.917. The second kappa shape index (κ2) is 6.57. The first-order valence-electron chi connectivity index (χ1n) is 8.95. The average molecular weight is 326 g/mol. The number of hydrogen-bond donors (Lipinski definition) is 1. The van der Waals surface area contributed by atoms with Gasteiger partial charge in [-0.25, -0.2) is 4.98 Å². The van der Waals surface area contributed by atoms with Gasteiger partial charge in [0.15, 0.2) is 0 Å². The molecule has 0 aliphatic carbocycles. The highest BCUT2D eigenvalue weighted by Gasteiger charge is 2.32. The predicted octanol–water partition coefficient (Wildman–Crippen LogP) is 2.52. The first kappa shape index (κ1) is 15.7. The maximum absolute atomic E-state index is 5.98. The first-order chi connectivity index (χ1) is 11.8. The van der Waals surface area contributed by atoms with Gasteiger partial charge in [0.25, 0.3) is 0 Å². The molecule has 4 rings (SSSR count). The standard InChI is InChI=1S/C19H26N4O/c1-3-23-10-8-20-19(23)18-16(7-11-24-18)21-13-14-4-5-17-15(12-14)6-9-22(17)2/h4-5,8,10,12,16,18,21H,3,6-7,9,11,13H2,1-2H3/t16-,18-/m0/s1. The van der Waals surface area contributed by atoms with Gasteiger partial charge in [-0.15, -0.1) is 0 Å². The van der Waals surface area contributed by atoms with E-state index >= 15 is 0 Å². The van der Waals surface area contributed by atoms with E-state index in [1.54, 1.807) is 0 Å². The molecule has 24 heavy (non-hydrogen) atoms.